The van der Waals surface area contributed by atoms with Crippen molar-refractivity contribution >= 4 is 22.4 Å². The van der Waals surface area contributed by atoms with E-state index in [1.165, 1.54) is 6.07 Å². The minimum absolute atomic E-state index is 0.164. The standard InChI is InChI=1S/C19H16FNO2/c1-13-6-9-17(20)18(10-13)21-19(22)12-23-16-8-7-14-4-2-3-5-15(14)11-16/h2-11H,12H2,1H3,(H,21,22). The summed E-state index contributed by atoms with van der Waals surface area (Å²) in [6.45, 7) is 1.66. The first-order valence-corrected chi connectivity index (χ1v) is 7.29. The van der Waals surface area contributed by atoms with Crippen LogP contribution in [-0.4, -0.2) is 12.5 Å². The molecule has 3 aromatic carbocycles. The molecule has 0 aliphatic carbocycles. The molecule has 0 unspecified atom stereocenters. The average Bonchev–Trinajstić information content (AvgIpc) is 2.56. The van der Waals surface area contributed by atoms with Crippen LogP contribution in [0.1, 0.15) is 5.56 Å². The van der Waals surface area contributed by atoms with Crippen LogP contribution < -0.4 is 10.1 Å². The van der Waals surface area contributed by atoms with Gasteiger partial charge in [0, 0.05) is 0 Å². The fourth-order valence-electron chi connectivity index (χ4n) is 2.33. The highest BCUT2D eigenvalue weighted by Crippen LogP contribution is 2.21. The lowest BCUT2D eigenvalue weighted by molar-refractivity contribution is -0.118. The second kappa shape index (κ2) is 6.48. The van der Waals surface area contributed by atoms with Crippen LogP contribution in [0.5, 0.6) is 5.75 Å². The topological polar surface area (TPSA) is 38.3 Å². The molecule has 0 aliphatic heterocycles. The van der Waals surface area contributed by atoms with Crippen LogP contribution in [0.4, 0.5) is 10.1 Å². The minimum atomic E-state index is -0.463. The number of hydrogen-bond donors (Lipinski definition) is 1. The molecule has 0 saturated carbocycles. The number of amides is 1. The van der Waals surface area contributed by atoms with E-state index >= 15 is 0 Å². The zero-order valence-electron chi connectivity index (χ0n) is 12.7. The molecule has 3 rings (SSSR count). The number of nitrogens with one attached hydrogen (secondary N) is 1. The Kier molecular flexibility index (Phi) is 4.24. The number of ether oxygens (including phenoxy) is 1. The van der Waals surface area contributed by atoms with Gasteiger partial charge in [0.05, 0.1) is 5.69 Å². The number of halogens is 1. The van der Waals surface area contributed by atoms with E-state index in [-0.39, 0.29) is 12.3 Å². The van der Waals surface area contributed by atoms with Crippen LogP contribution in [0, 0.1) is 12.7 Å². The smallest absolute Gasteiger partial charge is 0.262 e. The molecular formula is C19H16FNO2. The minimum Gasteiger partial charge on any atom is -0.484 e. The molecular weight excluding hydrogens is 293 g/mol. The number of fused-ring (bicyclic) bond motifs is 1. The predicted octanol–water partition coefficient (Wildman–Crippen LogP) is 4.30. The van der Waals surface area contributed by atoms with Gasteiger partial charge in [-0.15, -0.1) is 0 Å². The van der Waals surface area contributed by atoms with E-state index in [0.29, 0.717) is 5.75 Å². The first-order valence-electron chi connectivity index (χ1n) is 7.29. The van der Waals surface area contributed by atoms with E-state index in [4.69, 9.17) is 4.74 Å². The van der Waals surface area contributed by atoms with Crippen molar-refractivity contribution in [2.75, 3.05) is 11.9 Å². The summed E-state index contributed by atoms with van der Waals surface area (Å²) in [4.78, 5) is 11.9. The number of anilines is 1. The van der Waals surface area contributed by atoms with Gasteiger partial charge in [0.25, 0.3) is 5.91 Å². The predicted molar refractivity (Wildman–Crippen MR) is 89.2 cm³/mol. The van der Waals surface area contributed by atoms with Crippen molar-refractivity contribution in [2.24, 2.45) is 0 Å². The summed E-state index contributed by atoms with van der Waals surface area (Å²) in [7, 11) is 0. The first kappa shape index (κ1) is 15.0. The molecule has 0 radical (unpaired) electrons. The summed E-state index contributed by atoms with van der Waals surface area (Å²) in [6, 6.07) is 18.1. The van der Waals surface area contributed by atoms with Gasteiger partial charge in [-0.05, 0) is 47.5 Å². The van der Waals surface area contributed by atoms with Gasteiger partial charge in [-0.3, -0.25) is 4.79 Å². The van der Waals surface area contributed by atoms with Gasteiger partial charge in [-0.2, -0.15) is 0 Å². The molecule has 0 heterocycles. The molecule has 0 atom stereocenters. The second-order valence-electron chi connectivity index (χ2n) is 5.33. The molecule has 0 aromatic heterocycles. The summed E-state index contributed by atoms with van der Waals surface area (Å²) in [5, 5.41) is 4.66. The Morgan fingerprint density at radius 1 is 1.04 bits per heavy atom. The highest BCUT2D eigenvalue weighted by molar-refractivity contribution is 5.92. The Morgan fingerprint density at radius 3 is 2.65 bits per heavy atom. The summed E-state index contributed by atoms with van der Waals surface area (Å²) < 4.78 is 19.1. The molecule has 1 amide bonds. The summed E-state index contributed by atoms with van der Waals surface area (Å²) in [6.07, 6.45) is 0. The molecule has 116 valence electrons. The van der Waals surface area contributed by atoms with Crippen LogP contribution >= 0.6 is 0 Å². The van der Waals surface area contributed by atoms with Crippen molar-refractivity contribution in [1.29, 1.82) is 0 Å². The van der Waals surface area contributed by atoms with Crippen molar-refractivity contribution in [2.45, 2.75) is 6.92 Å². The van der Waals surface area contributed by atoms with Crippen molar-refractivity contribution in [1.82, 2.24) is 0 Å². The first-order chi connectivity index (χ1) is 11.1. The van der Waals surface area contributed by atoms with Gasteiger partial charge in [-0.1, -0.05) is 36.4 Å². The Morgan fingerprint density at radius 2 is 1.83 bits per heavy atom. The van der Waals surface area contributed by atoms with Gasteiger partial charge in [0.2, 0.25) is 0 Å². The maximum Gasteiger partial charge on any atom is 0.262 e. The van der Waals surface area contributed by atoms with Gasteiger partial charge in [-0.25, -0.2) is 4.39 Å². The maximum absolute atomic E-state index is 13.6. The van der Waals surface area contributed by atoms with Crippen molar-refractivity contribution in [3.8, 4) is 5.75 Å². The van der Waals surface area contributed by atoms with Crippen LogP contribution in [-0.2, 0) is 4.79 Å². The summed E-state index contributed by atoms with van der Waals surface area (Å²) >= 11 is 0. The zero-order valence-corrected chi connectivity index (χ0v) is 12.7. The quantitative estimate of drug-likeness (QED) is 0.780. The van der Waals surface area contributed by atoms with Crippen LogP contribution in [0.25, 0.3) is 10.8 Å². The van der Waals surface area contributed by atoms with Crippen molar-refractivity contribution in [3.05, 3.63) is 72.0 Å². The van der Waals surface area contributed by atoms with E-state index < -0.39 is 11.7 Å². The molecule has 0 saturated heterocycles. The highest BCUT2D eigenvalue weighted by atomic mass is 19.1. The number of carbonyl (C=O) groups excluding carboxylic acids is 1. The third-order valence-electron chi connectivity index (χ3n) is 3.49. The molecule has 0 spiro atoms. The molecule has 23 heavy (non-hydrogen) atoms. The van der Waals surface area contributed by atoms with Crippen LogP contribution in [0.3, 0.4) is 0 Å². The molecule has 0 fully saturated rings. The molecule has 3 aromatic rings. The van der Waals surface area contributed by atoms with Gasteiger partial charge in [0.1, 0.15) is 11.6 Å². The lowest BCUT2D eigenvalue weighted by Gasteiger charge is -2.09. The summed E-state index contributed by atoms with van der Waals surface area (Å²) in [5.74, 6) is -0.263. The van der Waals surface area contributed by atoms with E-state index in [0.717, 1.165) is 16.3 Å². The Bertz CT molecular complexity index is 861. The number of rotatable bonds is 4. The van der Waals surface area contributed by atoms with E-state index in [9.17, 15) is 9.18 Å². The number of benzene rings is 3. The SMILES string of the molecule is Cc1ccc(F)c(NC(=O)COc2ccc3ccccc3c2)c1. The Hall–Kier alpha value is -2.88. The molecule has 0 bridgehead atoms. The lowest BCUT2D eigenvalue weighted by atomic mass is 10.1. The van der Waals surface area contributed by atoms with Gasteiger partial charge >= 0.3 is 0 Å². The van der Waals surface area contributed by atoms with E-state index in [1.807, 2.05) is 49.4 Å². The van der Waals surface area contributed by atoms with Crippen LogP contribution in [0.15, 0.2) is 60.7 Å². The number of aryl methyl sites for hydroxylation is 1. The summed E-state index contributed by atoms with van der Waals surface area (Å²) in [5.41, 5.74) is 1.04. The third-order valence-corrected chi connectivity index (χ3v) is 3.49. The van der Waals surface area contributed by atoms with Gasteiger partial charge < -0.3 is 10.1 Å². The fraction of sp³-hybridized carbons (Fsp3) is 0.105. The Labute approximate surface area is 133 Å². The van der Waals surface area contributed by atoms with Crippen molar-refractivity contribution < 1.29 is 13.9 Å². The monoisotopic (exact) mass is 309 g/mol. The lowest BCUT2D eigenvalue weighted by Crippen LogP contribution is -2.20. The normalized spacial score (nSPS) is 10.5. The van der Waals surface area contributed by atoms with Gasteiger partial charge in [0.15, 0.2) is 6.61 Å². The number of carbonyl (C=O) groups is 1. The fourth-order valence-corrected chi connectivity index (χ4v) is 2.33. The zero-order chi connectivity index (χ0) is 16.2. The number of hydrogen-bond acceptors (Lipinski definition) is 2. The highest BCUT2D eigenvalue weighted by Gasteiger charge is 2.08. The third kappa shape index (κ3) is 3.66. The molecule has 0 aliphatic rings. The molecule has 1 N–H and O–H groups in total. The average molecular weight is 309 g/mol. The van der Waals surface area contributed by atoms with E-state index in [2.05, 4.69) is 5.32 Å². The van der Waals surface area contributed by atoms with E-state index in [1.54, 1.807) is 12.1 Å². The van der Waals surface area contributed by atoms with Crippen LogP contribution in [0.2, 0.25) is 0 Å². The van der Waals surface area contributed by atoms with Crippen molar-refractivity contribution in [3.63, 3.8) is 0 Å². The Balaban J connectivity index is 1.64. The maximum atomic E-state index is 13.6. The second-order valence-corrected chi connectivity index (χ2v) is 5.33. The molecule has 4 heteroatoms. The molecule has 3 nitrogen and oxygen atoms in total. The largest absolute Gasteiger partial charge is 0.484 e.